The smallest absolute Gasteiger partial charge is 0.356 e. The van der Waals surface area contributed by atoms with Gasteiger partial charge in [0.2, 0.25) is 5.91 Å². The van der Waals surface area contributed by atoms with Crippen LogP contribution in [0.1, 0.15) is 16.9 Å². The van der Waals surface area contributed by atoms with Gasteiger partial charge in [0.15, 0.2) is 5.96 Å². The minimum atomic E-state index is -4.21. The van der Waals surface area contributed by atoms with Crippen LogP contribution in [0.4, 0.5) is 13.2 Å². The second-order valence-corrected chi connectivity index (χ2v) is 6.15. The molecule has 0 radical (unpaired) electrons. The van der Waals surface area contributed by atoms with Crippen LogP contribution in [0.15, 0.2) is 16.4 Å². The molecule has 136 valence electrons. The van der Waals surface area contributed by atoms with Crippen LogP contribution in [0.25, 0.3) is 0 Å². The SMILES string of the molecule is CN=C(NCCC(F)(F)F)NCC(=O)N1CCc2sccc2C1.I. The lowest BCUT2D eigenvalue weighted by molar-refractivity contribution is -0.133. The summed E-state index contributed by atoms with van der Waals surface area (Å²) in [5.41, 5.74) is 1.17. The number of carbonyl (C=O) groups excluding carboxylic acids is 1. The Labute approximate surface area is 159 Å². The molecule has 0 saturated carbocycles. The fourth-order valence-electron chi connectivity index (χ4n) is 2.28. The van der Waals surface area contributed by atoms with Crippen molar-refractivity contribution >= 4 is 47.2 Å². The van der Waals surface area contributed by atoms with Crippen molar-refractivity contribution in [3.05, 3.63) is 21.9 Å². The molecule has 1 aromatic rings. The fourth-order valence-corrected chi connectivity index (χ4v) is 3.17. The van der Waals surface area contributed by atoms with Crippen molar-refractivity contribution in [2.45, 2.75) is 25.6 Å². The maximum Gasteiger partial charge on any atom is 0.390 e. The maximum atomic E-state index is 12.2. The van der Waals surface area contributed by atoms with E-state index in [-0.39, 0.29) is 48.9 Å². The van der Waals surface area contributed by atoms with Crippen LogP contribution in [0.3, 0.4) is 0 Å². The van der Waals surface area contributed by atoms with E-state index in [1.165, 1.54) is 17.5 Å². The molecule has 0 spiro atoms. The summed E-state index contributed by atoms with van der Waals surface area (Å²) in [7, 11) is 1.45. The molecule has 0 bridgehead atoms. The van der Waals surface area contributed by atoms with E-state index < -0.39 is 12.6 Å². The molecule has 0 aliphatic carbocycles. The average Bonchev–Trinajstić information content (AvgIpc) is 2.96. The largest absolute Gasteiger partial charge is 0.390 e. The molecule has 10 heteroatoms. The molecule has 5 nitrogen and oxygen atoms in total. The molecule has 0 saturated heterocycles. The molecular formula is C14H20F3IN4OS. The van der Waals surface area contributed by atoms with Crippen LogP contribution in [0.2, 0.25) is 0 Å². The lowest BCUT2D eigenvalue weighted by Gasteiger charge is -2.27. The van der Waals surface area contributed by atoms with Gasteiger partial charge in [-0.2, -0.15) is 13.2 Å². The third-order valence-electron chi connectivity index (χ3n) is 3.49. The minimum absolute atomic E-state index is 0. The van der Waals surface area contributed by atoms with Gasteiger partial charge in [0.25, 0.3) is 0 Å². The summed E-state index contributed by atoms with van der Waals surface area (Å²) in [5, 5.41) is 7.32. The number of alkyl halides is 3. The van der Waals surface area contributed by atoms with E-state index in [0.29, 0.717) is 13.1 Å². The van der Waals surface area contributed by atoms with Crippen LogP contribution in [-0.2, 0) is 17.8 Å². The lowest BCUT2D eigenvalue weighted by atomic mass is 10.1. The Bertz CT molecular complexity index is 577. The van der Waals surface area contributed by atoms with Gasteiger partial charge in [0.05, 0.1) is 13.0 Å². The Balaban J connectivity index is 0.00000288. The molecule has 2 heterocycles. The van der Waals surface area contributed by atoms with E-state index in [9.17, 15) is 18.0 Å². The Morgan fingerprint density at radius 1 is 1.42 bits per heavy atom. The normalized spacial score (nSPS) is 14.7. The third kappa shape index (κ3) is 6.46. The second-order valence-electron chi connectivity index (χ2n) is 5.15. The summed E-state index contributed by atoms with van der Waals surface area (Å²) in [6.07, 6.45) is -4.32. The van der Waals surface area contributed by atoms with Gasteiger partial charge in [-0.25, -0.2) is 0 Å². The first kappa shape index (κ1) is 21.0. The third-order valence-corrected chi connectivity index (χ3v) is 4.51. The average molecular weight is 476 g/mol. The van der Waals surface area contributed by atoms with E-state index >= 15 is 0 Å². The van der Waals surface area contributed by atoms with Crippen LogP contribution < -0.4 is 10.6 Å². The molecule has 2 rings (SSSR count). The molecule has 1 aromatic heterocycles. The standard InChI is InChI=1S/C14H19F3N4OS.HI/c1-18-13(19-5-4-14(15,16)17)20-8-12(22)21-6-2-11-10(9-21)3-7-23-11;/h3,7H,2,4-6,8-9H2,1H3,(H2,18,19,20);1H. The molecule has 0 atom stereocenters. The topological polar surface area (TPSA) is 56.7 Å². The molecule has 0 fully saturated rings. The number of halogens is 4. The number of guanidine groups is 1. The predicted molar refractivity (Wildman–Crippen MR) is 98.9 cm³/mol. The molecular weight excluding hydrogens is 456 g/mol. The van der Waals surface area contributed by atoms with Crippen molar-refractivity contribution in [2.75, 3.05) is 26.7 Å². The molecule has 0 aromatic carbocycles. The number of thiophene rings is 1. The van der Waals surface area contributed by atoms with Crippen molar-refractivity contribution in [3.8, 4) is 0 Å². The number of hydrogen-bond donors (Lipinski definition) is 2. The lowest BCUT2D eigenvalue weighted by Crippen LogP contribution is -2.46. The van der Waals surface area contributed by atoms with E-state index in [0.717, 1.165) is 6.42 Å². The van der Waals surface area contributed by atoms with Crippen molar-refractivity contribution in [3.63, 3.8) is 0 Å². The summed E-state index contributed by atoms with van der Waals surface area (Å²) in [6.45, 7) is 0.970. The highest BCUT2D eigenvalue weighted by Crippen LogP contribution is 2.23. The fraction of sp³-hybridized carbons (Fsp3) is 0.571. The summed E-state index contributed by atoms with van der Waals surface area (Å²) < 4.78 is 36.3. The van der Waals surface area contributed by atoms with Crippen LogP contribution in [0, 0.1) is 0 Å². The van der Waals surface area contributed by atoms with E-state index in [2.05, 4.69) is 15.6 Å². The van der Waals surface area contributed by atoms with Gasteiger partial charge in [0, 0.05) is 31.6 Å². The van der Waals surface area contributed by atoms with E-state index in [4.69, 9.17) is 0 Å². The highest BCUT2D eigenvalue weighted by Gasteiger charge is 2.26. The molecule has 1 amide bonds. The van der Waals surface area contributed by atoms with Crippen LogP contribution in [0.5, 0.6) is 0 Å². The van der Waals surface area contributed by atoms with Gasteiger partial charge in [-0.3, -0.25) is 9.79 Å². The highest BCUT2D eigenvalue weighted by molar-refractivity contribution is 14.0. The zero-order valence-corrected chi connectivity index (χ0v) is 16.3. The van der Waals surface area contributed by atoms with E-state index in [1.54, 1.807) is 16.2 Å². The summed E-state index contributed by atoms with van der Waals surface area (Å²) in [6, 6.07) is 2.02. The number of fused-ring (bicyclic) bond motifs is 1. The summed E-state index contributed by atoms with van der Waals surface area (Å²) in [5.74, 6) is 0.0939. The molecule has 1 aliphatic rings. The summed E-state index contributed by atoms with van der Waals surface area (Å²) >= 11 is 1.70. The molecule has 2 N–H and O–H groups in total. The Morgan fingerprint density at radius 3 is 2.83 bits per heavy atom. The zero-order chi connectivity index (χ0) is 16.9. The van der Waals surface area contributed by atoms with Crippen molar-refractivity contribution in [1.29, 1.82) is 0 Å². The monoisotopic (exact) mass is 476 g/mol. The van der Waals surface area contributed by atoms with Crippen molar-refractivity contribution in [2.24, 2.45) is 4.99 Å². The van der Waals surface area contributed by atoms with Crippen LogP contribution in [-0.4, -0.2) is 49.6 Å². The van der Waals surface area contributed by atoms with Gasteiger partial charge < -0.3 is 15.5 Å². The number of nitrogens with zero attached hydrogens (tertiary/aromatic N) is 2. The van der Waals surface area contributed by atoms with Crippen molar-refractivity contribution in [1.82, 2.24) is 15.5 Å². The number of amides is 1. The molecule has 1 aliphatic heterocycles. The number of nitrogens with one attached hydrogen (secondary N) is 2. The zero-order valence-electron chi connectivity index (χ0n) is 13.2. The minimum Gasteiger partial charge on any atom is -0.356 e. The van der Waals surface area contributed by atoms with E-state index in [1.807, 2.05) is 11.4 Å². The van der Waals surface area contributed by atoms with Gasteiger partial charge in [-0.15, -0.1) is 35.3 Å². The Hall–Kier alpha value is -1.04. The Morgan fingerprint density at radius 2 is 2.17 bits per heavy atom. The number of hydrogen-bond acceptors (Lipinski definition) is 3. The highest BCUT2D eigenvalue weighted by atomic mass is 127. The van der Waals surface area contributed by atoms with Gasteiger partial charge in [-0.05, 0) is 23.4 Å². The predicted octanol–water partition coefficient (Wildman–Crippen LogP) is 2.37. The Kier molecular flexibility index (Phi) is 8.27. The van der Waals surface area contributed by atoms with Crippen LogP contribution >= 0.6 is 35.3 Å². The first-order valence-electron chi connectivity index (χ1n) is 7.23. The second kappa shape index (κ2) is 9.44. The summed E-state index contributed by atoms with van der Waals surface area (Å²) in [4.78, 5) is 19.1. The maximum absolute atomic E-state index is 12.2. The van der Waals surface area contributed by atoms with Gasteiger partial charge >= 0.3 is 6.18 Å². The van der Waals surface area contributed by atoms with Gasteiger partial charge in [-0.1, -0.05) is 0 Å². The quantitative estimate of drug-likeness (QED) is 0.399. The first-order chi connectivity index (χ1) is 10.9. The first-order valence-corrected chi connectivity index (χ1v) is 8.11. The molecule has 24 heavy (non-hydrogen) atoms. The number of aliphatic imine (C=N–C) groups is 1. The number of rotatable bonds is 4. The van der Waals surface area contributed by atoms with Gasteiger partial charge in [0.1, 0.15) is 0 Å². The van der Waals surface area contributed by atoms with Crippen molar-refractivity contribution < 1.29 is 18.0 Å². The molecule has 0 unspecified atom stereocenters. The number of carbonyl (C=O) groups is 1.